The zero-order chi connectivity index (χ0) is 13.2. The molecule has 1 aromatic carbocycles. The standard InChI is InChI=1S/C13H15N5O/c1-10-3-4-12(18-15-6-7-16-18)11(9-10)13(19)17-8-2-5-14-17/h3-4,6-7,9,14H,2,5,8H2,1H3. The molecule has 1 amide bonds. The van der Waals surface area contributed by atoms with Crippen molar-refractivity contribution in [2.24, 2.45) is 0 Å². The van der Waals surface area contributed by atoms with Gasteiger partial charge in [-0.05, 0) is 25.5 Å². The van der Waals surface area contributed by atoms with Gasteiger partial charge in [0.15, 0.2) is 0 Å². The van der Waals surface area contributed by atoms with Crippen molar-refractivity contribution in [2.45, 2.75) is 13.3 Å². The highest BCUT2D eigenvalue weighted by Gasteiger charge is 2.22. The lowest BCUT2D eigenvalue weighted by Gasteiger charge is -2.17. The minimum absolute atomic E-state index is 0.0338. The third kappa shape index (κ3) is 2.22. The molecule has 3 rings (SSSR count). The number of aromatic nitrogens is 3. The number of carbonyl (C=O) groups excluding carboxylic acids is 1. The maximum atomic E-state index is 12.5. The van der Waals surface area contributed by atoms with Crippen molar-refractivity contribution in [1.82, 2.24) is 25.4 Å². The fourth-order valence-electron chi connectivity index (χ4n) is 2.18. The van der Waals surface area contributed by atoms with Crippen LogP contribution in [0, 0.1) is 6.92 Å². The highest BCUT2D eigenvalue weighted by Crippen LogP contribution is 2.17. The average Bonchev–Trinajstić information content (AvgIpc) is 3.11. The molecule has 1 saturated heterocycles. The van der Waals surface area contributed by atoms with E-state index in [-0.39, 0.29) is 5.91 Å². The van der Waals surface area contributed by atoms with Gasteiger partial charge in [0, 0.05) is 13.1 Å². The SMILES string of the molecule is Cc1ccc(-n2nccn2)c(C(=O)N2CCCN2)c1. The zero-order valence-electron chi connectivity index (χ0n) is 10.7. The number of amides is 1. The van der Waals surface area contributed by atoms with Gasteiger partial charge >= 0.3 is 0 Å². The molecule has 0 unspecified atom stereocenters. The Morgan fingerprint density at radius 3 is 2.79 bits per heavy atom. The number of hydrazine groups is 1. The molecule has 6 nitrogen and oxygen atoms in total. The molecule has 98 valence electrons. The number of benzene rings is 1. The summed E-state index contributed by atoms with van der Waals surface area (Å²) in [5.74, 6) is -0.0338. The quantitative estimate of drug-likeness (QED) is 0.869. The Bertz CT molecular complexity index is 587. The Morgan fingerprint density at radius 2 is 2.11 bits per heavy atom. The lowest BCUT2D eigenvalue weighted by Crippen LogP contribution is -2.37. The van der Waals surface area contributed by atoms with Crippen LogP contribution in [-0.4, -0.2) is 39.0 Å². The number of nitrogens with one attached hydrogen (secondary N) is 1. The summed E-state index contributed by atoms with van der Waals surface area (Å²) in [4.78, 5) is 14.0. The fraction of sp³-hybridized carbons (Fsp3) is 0.308. The van der Waals surface area contributed by atoms with Crippen molar-refractivity contribution >= 4 is 5.91 Å². The van der Waals surface area contributed by atoms with Crippen molar-refractivity contribution in [2.75, 3.05) is 13.1 Å². The maximum Gasteiger partial charge on any atom is 0.270 e. The summed E-state index contributed by atoms with van der Waals surface area (Å²) >= 11 is 0. The van der Waals surface area contributed by atoms with Crippen LogP contribution in [0.3, 0.4) is 0 Å². The van der Waals surface area contributed by atoms with E-state index in [1.807, 2.05) is 25.1 Å². The summed E-state index contributed by atoms with van der Waals surface area (Å²) in [6.07, 6.45) is 4.18. The predicted molar refractivity (Wildman–Crippen MR) is 69.8 cm³/mol. The molecular weight excluding hydrogens is 242 g/mol. The van der Waals surface area contributed by atoms with Crippen molar-refractivity contribution < 1.29 is 4.79 Å². The Morgan fingerprint density at radius 1 is 1.32 bits per heavy atom. The van der Waals surface area contributed by atoms with Crippen LogP contribution in [-0.2, 0) is 0 Å². The molecular formula is C13H15N5O. The first-order valence-corrected chi connectivity index (χ1v) is 6.28. The summed E-state index contributed by atoms with van der Waals surface area (Å²) in [6.45, 7) is 3.54. The van der Waals surface area contributed by atoms with E-state index in [9.17, 15) is 4.79 Å². The molecule has 1 aliphatic heterocycles. The smallest absolute Gasteiger partial charge is 0.270 e. The molecule has 0 bridgehead atoms. The Kier molecular flexibility index (Phi) is 3.00. The summed E-state index contributed by atoms with van der Waals surface area (Å²) < 4.78 is 0. The Balaban J connectivity index is 2.03. The van der Waals surface area contributed by atoms with Crippen molar-refractivity contribution in [3.63, 3.8) is 0 Å². The predicted octanol–water partition coefficient (Wildman–Crippen LogP) is 0.926. The first-order valence-electron chi connectivity index (χ1n) is 6.28. The number of aryl methyl sites for hydroxylation is 1. The van der Waals surface area contributed by atoms with Crippen LogP contribution in [0.5, 0.6) is 0 Å². The van der Waals surface area contributed by atoms with E-state index in [0.29, 0.717) is 11.3 Å². The van der Waals surface area contributed by atoms with Gasteiger partial charge in [-0.2, -0.15) is 15.0 Å². The van der Waals surface area contributed by atoms with Gasteiger partial charge in [0.05, 0.1) is 23.6 Å². The van der Waals surface area contributed by atoms with E-state index in [0.717, 1.165) is 25.1 Å². The summed E-state index contributed by atoms with van der Waals surface area (Å²) in [7, 11) is 0. The second-order valence-corrected chi connectivity index (χ2v) is 4.56. The first-order chi connectivity index (χ1) is 9.25. The van der Waals surface area contributed by atoms with Gasteiger partial charge in [-0.25, -0.2) is 5.43 Å². The van der Waals surface area contributed by atoms with Gasteiger partial charge in [-0.1, -0.05) is 11.6 Å². The molecule has 2 aromatic rings. The van der Waals surface area contributed by atoms with Gasteiger partial charge in [0.1, 0.15) is 0 Å². The van der Waals surface area contributed by atoms with Crippen molar-refractivity contribution in [1.29, 1.82) is 0 Å². The molecule has 0 radical (unpaired) electrons. The van der Waals surface area contributed by atoms with E-state index in [1.165, 1.54) is 4.80 Å². The molecule has 2 heterocycles. The molecule has 19 heavy (non-hydrogen) atoms. The van der Waals surface area contributed by atoms with Crippen LogP contribution >= 0.6 is 0 Å². The van der Waals surface area contributed by atoms with E-state index in [1.54, 1.807) is 17.4 Å². The van der Waals surface area contributed by atoms with Crippen LogP contribution < -0.4 is 5.43 Å². The van der Waals surface area contributed by atoms with Crippen LogP contribution in [0.4, 0.5) is 0 Å². The average molecular weight is 257 g/mol. The normalized spacial score (nSPS) is 14.9. The fourth-order valence-corrected chi connectivity index (χ4v) is 2.18. The highest BCUT2D eigenvalue weighted by molar-refractivity contribution is 5.97. The molecule has 0 saturated carbocycles. The third-order valence-corrected chi connectivity index (χ3v) is 3.12. The van der Waals surface area contributed by atoms with E-state index < -0.39 is 0 Å². The number of carbonyl (C=O) groups is 1. The second-order valence-electron chi connectivity index (χ2n) is 4.56. The Labute approximate surface area is 111 Å². The van der Waals surface area contributed by atoms with Gasteiger partial charge in [0.25, 0.3) is 5.91 Å². The number of hydrogen-bond donors (Lipinski definition) is 1. The topological polar surface area (TPSA) is 63.1 Å². The van der Waals surface area contributed by atoms with Crippen LogP contribution in [0.2, 0.25) is 0 Å². The molecule has 1 aromatic heterocycles. The zero-order valence-corrected chi connectivity index (χ0v) is 10.7. The van der Waals surface area contributed by atoms with Crippen LogP contribution in [0.25, 0.3) is 5.69 Å². The Hall–Kier alpha value is -2.21. The van der Waals surface area contributed by atoms with Crippen LogP contribution in [0.1, 0.15) is 22.3 Å². The van der Waals surface area contributed by atoms with E-state index >= 15 is 0 Å². The van der Waals surface area contributed by atoms with Gasteiger partial charge in [-0.3, -0.25) is 9.80 Å². The summed E-state index contributed by atoms with van der Waals surface area (Å²) in [5, 5.41) is 9.85. The van der Waals surface area contributed by atoms with E-state index in [4.69, 9.17) is 0 Å². The van der Waals surface area contributed by atoms with Gasteiger partial charge < -0.3 is 0 Å². The monoisotopic (exact) mass is 257 g/mol. The molecule has 0 aliphatic carbocycles. The molecule has 0 atom stereocenters. The van der Waals surface area contributed by atoms with Crippen LogP contribution in [0.15, 0.2) is 30.6 Å². The lowest BCUT2D eigenvalue weighted by atomic mass is 10.1. The van der Waals surface area contributed by atoms with Gasteiger partial charge in [-0.15, -0.1) is 0 Å². The maximum absolute atomic E-state index is 12.5. The molecule has 0 spiro atoms. The summed E-state index contributed by atoms with van der Waals surface area (Å²) in [6, 6.07) is 5.70. The minimum Gasteiger partial charge on any atom is -0.274 e. The molecule has 1 fully saturated rings. The lowest BCUT2D eigenvalue weighted by molar-refractivity contribution is 0.0726. The highest BCUT2D eigenvalue weighted by atomic mass is 16.2. The first kappa shape index (κ1) is 11.9. The van der Waals surface area contributed by atoms with E-state index in [2.05, 4.69) is 15.6 Å². The number of rotatable bonds is 2. The number of hydrogen-bond acceptors (Lipinski definition) is 4. The van der Waals surface area contributed by atoms with Crippen molar-refractivity contribution in [3.8, 4) is 5.69 Å². The number of nitrogens with zero attached hydrogens (tertiary/aromatic N) is 4. The minimum atomic E-state index is -0.0338. The molecule has 1 aliphatic rings. The molecule has 6 heteroatoms. The van der Waals surface area contributed by atoms with Gasteiger partial charge in [0.2, 0.25) is 0 Å². The summed E-state index contributed by atoms with van der Waals surface area (Å²) in [5.41, 5.74) is 5.44. The third-order valence-electron chi connectivity index (χ3n) is 3.12. The second kappa shape index (κ2) is 4.81. The largest absolute Gasteiger partial charge is 0.274 e. The molecule has 1 N–H and O–H groups in total. The van der Waals surface area contributed by atoms with Crippen molar-refractivity contribution in [3.05, 3.63) is 41.7 Å².